The zero-order valence-corrected chi connectivity index (χ0v) is 13.9. The quantitative estimate of drug-likeness (QED) is 0.831. The molecule has 1 fully saturated rings. The first-order valence-electron chi connectivity index (χ1n) is 7.55. The summed E-state index contributed by atoms with van der Waals surface area (Å²) in [6.07, 6.45) is -4.62. The third-order valence-electron chi connectivity index (χ3n) is 4.25. The van der Waals surface area contributed by atoms with Gasteiger partial charge in [0.05, 0.1) is 11.5 Å². The molecule has 2 aliphatic rings. The van der Waals surface area contributed by atoms with Crippen molar-refractivity contribution in [3.63, 3.8) is 0 Å². The molecule has 2 aliphatic heterocycles. The second-order valence-corrected chi connectivity index (χ2v) is 6.79. The summed E-state index contributed by atoms with van der Waals surface area (Å²) in [6.45, 7) is 1.39. The Morgan fingerprint density at radius 1 is 1.33 bits per heavy atom. The van der Waals surface area contributed by atoms with Gasteiger partial charge >= 0.3 is 6.18 Å². The monoisotopic (exact) mass is 358 g/mol. The summed E-state index contributed by atoms with van der Waals surface area (Å²) < 4.78 is 37.8. The second-order valence-electron chi connectivity index (χ2n) is 5.93. The van der Waals surface area contributed by atoms with Crippen LogP contribution in [-0.4, -0.2) is 53.9 Å². The Morgan fingerprint density at radius 2 is 2.00 bits per heavy atom. The number of thioether (sulfide) groups is 1. The molecule has 0 N–H and O–H groups in total. The molecule has 4 nitrogen and oxygen atoms in total. The van der Waals surface area contributed by atoms with Crippen LogP contribution in [0, 0.1) is 0 Å². The topological polar surface area (TPSA) is 41.9 Å². The molecule has 0 spiro atoms. The highest BCUT2D eigenvalue weighted by molar-refractivity contribution is 7.99. The highest BCUT2D eigenvalue weighted by Crippen LogP contribution is 2.32. The molecule has 3 rings (SSSR count). The van der Waals surface area contributed by atoms with Crippen LogP contribution in [0.2, 0.25) is 0 Å². The van der Waals surface area contributed by atoms with Gasteiger partial charge in [-0.05, 0) is 17.4 Å². The summed E-state index contributed by atoms with van der Waals surface area (Å²) in [7, 11) is 0. The van der Waals surface area contributed by atoms with E-state index < -0.39 is 12.3 Å². The van der Waals surface area contributed by atoms with E-state index in [2.05, 4.69) is 9.99 Å². The van der Waals surface area contributed by atoms with Crippen LogP contribution in [0.5, 0.6) is 0 Å². The Labute approximate surface area is 142 Å². The van der Waals surface area contributed by atoms with Crippen molar-refractivity contribution in [1.82, 2.24) is 4.90 Å². The summed E-state index contributed by atoms with van der Waals surface area (Å²) in [6, 6.07) is 7.31. The second kappa shape index (κ2) is 6.66. The van der Waals surface area contributed by atoms with Gasteiger partial charge in [-0.1, -0.05) is 29.4 Å². The highest BCUT2D eigenvalue weighted by Gasteiger charge is 2.45. The largest absolute Gasteiger partial charge is 0.428 e. The van der Waals surface area contributed by atoms with E-state index in [1.165, 1.54) is 11.8 Å². The van der Waals surface area contributed by atoms with E-state index in [0.717, 1.165) is 5.56 Å². The number of oxime groups is 1. The number of nitrogens with zero attached hydrogens (tertiary/aromatic N) is 2. The van der Waals surface area contributed by atoms with E-state index in [-0.39, 0.29) is 18.2 Å². The van der Waals surface area contributed by atoms with Crippen molar-refractivity contribution < 1.29 is 22.8 Å². The average molecular weight is 358 g/mol. The highest BCUT2D eigenvalue weighted by atomic mass is 32.2. The number of carbonyl (C=O) groups is 1. The molecule has 0 aromatic heterocycles. The number of hydrogen-bond acceptors (Lipinski definition) is 4. The first kappa shape index (κ1) is 17.1. The zero-order chi connectivity index (χ0) is 17.3. The lowest BCUT2D eigenvalue weighted by Gasteiger charge is -2.39. The molecule has 1 aromatic rings. The van der Waals surface area contributed by atoms with Gasteiger partial charge in [-0.15, -0.1) is 0 Å². The number of benzene rings is 1. The summed E-state index contributed by atoms with van der Waals surface area (Å²) in [5.74, 6) is 0.923. The molecule has 8 heteroatoms. The van der Waals surface area contributed by atoms with Crippen LogP contribution >= 0.6 is 11.8 Å². The fourth-order valence-electron chi connectivity index (χ4n) is 2.78. The van der Waals surface area contributed by atoms with E-state index >= 15 is 0 Å². The molecular formula is C16H17F3N2O2S. The maximum atomic E-state index is 12.6. The minimum absolute atomic E-state index is 0.144. The van der Waals surface area contributed by atoms with Crippen molar-refractivity contribution in [2.75, 3.05) is 25.1 Å². The lowest BCUT2D eigenvalue weighted by molar-refractivity contribution is -0.212. The standard InChI is InChI=1S/C16H17F3N2O2S/c1-24-9-15(22)21-7-12(8-21)10-2-4-11(5-3-10)13-6-14(23-20-13)16(17,18)19/h2-5,12,14H,6-9H2,1H3. The number of rotatable bonds is 4. The van der Waals surface area contributed by atoms with Crippen LogP contribution in [0.25, 0.3) is 0 Å². The van der Waals surface area contributed by atoms with Gasteiger partial charge in [-0.2, -0.15) is 24.9 Å². The fraction of sp³-hybridized carbons (Fsp3) is 0.500. The average Bonchev–Trinajstić information content (AvgIpc) is 2.96. The molecule has 0 saturated carbocycles. The Bertz CT molecular complexity index is 640. The summed E-state index contributed by atoms with van der Waals surface area (Å²) in [4.78, 5) is 18.0. The van der Waals surface area contributed by atoms with Crippen molar-refractivity contribution in [2.45, 2.75) is 24.6 Å². The van der Waals surface area contributed by atoms with Gasteiger partial charge < -0.3 is 9.74 Å². The van der Waals surface area contributed by atoms with Crippen LogP contribution in [-0.2, 0) is 9.63 Å². The Balaban J connectivity index is 1.57. The number of amides is 1. The number of hydrogen-bond donors (Lipinski definition) is 0. The normalized spacial score (nSPS) is 21.2. The van der Waals surface area contributed by atoms with Gasteiger partial charge in [0, 0.05) is 25.4 Å². The SMILES string of the molecule is CSCC(=O)N1CC(c2ccc(C3=NOC(C(F)(F)F)C3)cc2)C1. The molecule has 2 heterocycles. The van der Waals surface area contributed by atoms with Crippen LogP contribution in [0.15, 0.2) is 29.4 Å². The zero-order valence-electron chi connectivity index (χ0n) is 13.0. The van der Waals surface area contributed by atoms with E-state index in [9.17, 15) is 18.0 Å². The maximum absolute atomic E-state index is 12.6. The number of alkyl halides is 3. The van der Waals surface area contributed by atoms with E-state index in [4.69, 9.17) is 0 Å². The first-order valence-corrected chi connectivity index (χ1v) is 8.94. The molecule has 1 aromatic carbocycles. The molecule has 0 radical (unpaired) electrons. The predicted molar refractivity (Wildman–Crippen MR) is 86.2 cm³/mol. The van der Waals surface area contributed by atoms with Crippen LogP contribution in [0.3, 0.4) is 0 Å². The summed E-state index contributed by atoms with van der Waals surface area (Å²) in [5.41, 5.74) is 2.04. The summed E-state index contributed by atoms with van der Waals surface area (Å²) >= 11 is 1.51. The van der Waals surface area contributed by atoms with Gasteiger partial charge in [-0.25, -0.2) is 0 Å². The molecule has 24 heavy (non-hydrogen) atoms. The number of carbonyl (C=O) groups excluding carboxylic acids is 1. The molecule has 1 saturated heterocycles. The van der Waals surface area contributed by atoms with Crippen molar-refractivity contribution in [3.05, 3.63) is 35.4 Å². The van der Waals surface area contributed by atoms with Gasteiger partial charge in [0.15, 0.2) is 0 Å². The van der Waals surface area contributed by atoms with Gasteiger partial charge in [0.25, 0.3) is 0 Å². The van der Waals surface area contributed by atoms with Crippen molar-refractivity contribution >= 4 is 23.4 Å². The molecule has 1 unspecified atom stereocenters. The Morgan fingerprint density at radius 3 is 2.54 bits per heavy atom. The third kappa shape index (κ3) is 3.53. The van der Waals surface area contributed by atoms with E-state index in [1.807, 2.05) is 23.3 Å². The molecular weight excluding hydrogens is 341 g/mol. The number of likely N-dealkylation sites (tertiary alicyclic amines) is 1. The molecule has 1 amide bonds. The first-order chi connectivity index (χ1) is 11.4. The van der Waals surface area contributed by atoms with E-state index in [1.54, 1.807) is 12.1 Å². The molecule has 130 valence electrons. The third-order valence-corrected chi connectivity index (χ3v) is 4.79. The van der Waals surface area contributed by atoms with Crippen molar-refractivity contribution in [3.8, 4) is 0 Å². The fourth-order valence-corrected chi connectivity index (χ4v) is 3.21. The minimum Gasteiger partial charge on any atom is -0.382 e. The molecule has 0 aliphatic carbocycles. The Kier molecular flexibility index (Phi) is 4.76. The van der Waals surface area contributed by atoms with Crippen LogP contribution in [0.1, 0.15) is 23.5 Å². The van der Waals surface area contributed by atoms with Crippen LogP contribution in [0.4, 0.5) is 13.2 Å². The Hall–Kier alpha value is -1.70. The van der Waals surface area contributed by atoms with E-state index in [0.29, 0.717) is 30.1 Å². The minimum atomic E-state index is -4.40. The molecule has 1 atom stereocenters. The lowest BCUT2D eigenvalue weighted by Crippen LogP contribution is -2.49. The summed E-state index contributed by atoms with van der Waals surface area (Å²) in [5, 5.41) is 3.56. The smallest absolute Gasteiger partial charge is 0.382 e. The number of halogens is 3. The van der Waals surface area contributed by atoms with Gasteiger partial charge in [-0.3, -0.25) is 4.79 Å². The lowest BCUT2D eigenvalue weighted by atomic mass is 9.90. The van der Waals surface area contributed by atoms with Crippen LogP contribution < -0.4 is 0 Å². The van der Waals surface area contributed by atoms with Crippen molar-refractivity contribution in [2.24, 2.45) is 5.16 Å². The van der Waals surface area contributed by atoms with Gasteiger partial charge in [0.2, 0.25) is 12.0 Å². The van der Waals surface area contributed by atoms with Gasteiger partial charge in [0.1, 0.15) is 0 Å². The van der Waals surface area contributed by atoms with Crippen molar-refractivity contribution in [1.29, 1.82) is 0 Å². The molecule has 0 bridgehead atoms. The predicted octanol–water partition coefficient (Wildman–Crippen LogP) is 3.03. The maximum Gasteiger partial charge on any atom is 0.428 e.